The van der Waals surface area contributed by atoms with E-state index in [1.807, 2.05) is 24.3 Å². The van der Waals surface area contributed by atoms with Crippen molar-refractivity contribution in [2.24, 2.45) is 11.7 Å². The molecule has 0 aromatic heterocycles. The summed E-state index contributed by atoms with van der Waals surface area (Å²) in [6.07, 6.45) is 4.26. The van der Waals surface area contributed by atoms with E-state index < -0.39 is 0 Å². The van der Waals surface area contributed by atoms with Gasteiger partial charge in [0.1, 0.15) is 5.75 Å². The second kappa shape index (κ2) is 8.06. The molecule has 2 aliphatic rings. The van der Waals surface area contributed by atoms with Gasteiger partial charge in [-0.15, -0.1) is 12.4 Å². The molecule has 7 heteroatoms. The maximum absolute atomic E-state index is 12.7. The molecule has 6 nitrogen and oxygen atoms in total. The molecule has 2 amide bonds. The molecule has 2 fully saturated rings. The molecule has 0 bridgehead atoms. The molecule has 3 rings (SSSR count). The number of nitrogens with one attached hydrogen (secondary N) is 1. The normalized spacial score (nSPS) is 21.8. The number of anilines is 1. The zero-order valence-corrected chi connectivity index (χ0v) is 15.3. The highest BCUT2D eigenvalue weighted by atomic mass is 35.5. The van der Waals surface area contributed by atoms with Crippen molar-refractivity contribution in [1.29, 1.82) is 0 Å². The van der Waals surface area contributed by atoms with Gasteiger partial charge < -0.3 is 20.7 Å². The van der Waals surface area contributed by atoms with Crippen LogP contribution in [0.25, 0.3) is 0 Å². The van der Waals surface area contributed by atoms with Crippen LogP contribution in [0.2, 0.25) is 0 Å². The number of amides is 2. The zero-order chi connectivity index (χ0) is 17.2. The maximum Gasteiger partial charge on any atom is 0.227 e. The molecule has 1 atom stereocenters. The maximum atomic E-state index is 12.7. The van der Waals surface area contributed by atoms with Gasteiger partial charge in [0.15, 0.2) is 0 Å². The third kappa shape index (κ3) is 3.90. The van der Waals surface area contributed by atoms with E-state index in [2.05, 4.69) is 5.32 Å². The van der Waals surface area contributed by atoms with Crippen LogP contribution in [-0.4, -0.2) is 37.6 Å². The summed E-state index contributed by atoms with van der Waals surface area (Å²) in [5.41, 5.74) is 6.33. The lowest BCUT2D eigenvalue weighted by molar-refractivity contribution is -0.127. The van der Waals surface area contributed by atoms with E-state index in [1.165, 1.54) is 0 Å². The molecule has 1 heterocycles. The smallest absolute Gasteiger partial charge is 0.227 e. The number of carbonyl (C=O) groups excluding carboxylic acids is 2. The number of methoxy groups -OCH3 is 1. The molecule has 1 aliphatic carbocycles. The Kier molecular flexibility index (Phi) is 6.30. The number of benzene rings is 1. The first-order valence-corrected chi connectivity index (χ1v) is 8.54. The molecular formula is C18H26ClN3O3. The van der Waals surface area contributed by atoms with Crippen LogP contribution < -0.4 is 20.7 Å². The van der Waals surface area contributed by atoms with Gasteiger partial charge >= 0.3 is 0 Å². The Bertz CT molecular complexity index is 632. The van der Waals surface area contributed by atoms with Gasteiger partial charge in [0.2, 0.25) is 11.8 Å². The first kappa shape index (κ1) is 19.5. The number of carbonyl (C=O) groups is 2. The average molecular weight is 368 g/mol. The molecule has 1 aromatic carbocycles. The van der Waals surface area contributed by atoms with E-state index in [0.29, 0.717) is 18.8 Å². The van der Waals surface area contributed by atoms with E-state index in [1.54, 1.807) is 12.0 Å². The van der Waals surface area contributed by atoms with Gasteiger partial charge in [0.25, 0.3) is 0 Å². The molecule has 25 heavy (non-hydrogen) atoms. The van der Waals surface area contributed by atoms with Crippen LogP contribution in [-0.2, 0) is 9.59 Å². The molecule has 0 radical (unpaired) electrons. The Morgan fingerprint density at radius 3 is 2.68 bits per heavy atom. The molecule has 3 N–H and O–H groups in total. The highest BCUT2D eigenvalue weighted by molar-refractivity contribution is 6.01. The molecule has 1 unspecified atom stereocenters. The molecule has 0 spiro atoms. The summed E-state index contributed by atoms with van der Waals surface area (Å²) in [6, 6.07) is 7.38. The van der Waals surface area contributed by atoms with Crippen LogP contribution in [0.1, 0.15) is 32.1 Å². The van der Waals surface area contributed by atoms with E-state index in [0.717, 1.165) is 31.4 Å². The highest BCUT2D eigenvalue weighted by Gasteiger charge is 2.40. The molecule has 1 saturated heterocycles. The van der Waals surface area contributed by atoms with Gasteiger partial charge in [-0.3, -0.25) is 9.59 Å². The summed E-state index contributed by atoms with van der Waals surface area (Å²) in [5, 5.41) is 3.13. The molecule has 1 aromatic rings. The van der Waals surface area contributed by atoms with Crippen molar-refractivity contribution in [3.63, 3.8) is 0 Å². The number of rotatable bonds is 5. The summed E-state index contributed by atoms with van der Waals surface area (Å²) in [4.78, 5) is 26.7. The lowest BCUT2D eigenvalue weighted by Gasteiger charge is -2.30. The fourth-order valence-corrected chi connectivity index (χ4v) is 3.76. The standard InChI is InChI=1S/C18H25N3O3.ClH/c1-24-15-7-3-2-6-14(15)21-11-13(10-16(21)22)17(23)20-18(12-19)8-4-5-9-18;/h2-3,6-7,13H,4-5,8-12,19H2,1H3,(H,20,23);1H. The topological polar surface area (TPSA) is 84.7 Å². The third-order valence-electron chi connectivity index (χ3n) is 5.21. The Morgan fingerprint density at radius 1 is 1.36 bits per heavy atom. The van der Waals surface area contributed by atoms with Gasteiger partial charge in [-0.25, -0.2) is 0 Å². The zero-order valence-electron chi connectivity index (χ0n) is 14.5. The minimum Gasteiger partial charge on any atom is -0.495 e. The fraction of sp³-hybridized carbons (Fsp3) is 0.556. The first-order chi connectivity index (χ1) is 11.6. The third-order valence-corrected chi connectivity index (χ3v) is 5.21. The molecule has 138 valence electrons. The van der Waals surface area contributed by atoms with Crippen LogP contribution in [0.15, 0.2) is 24.3 Å². The predicted octanol–water partition coefficient (Wildman–Crippen LogP) is 1.86. The lowest BCUT2D eigenvalue weighted by atomic mass is 9.96. The SMILES string of the molecule is COc1ccccc1N1CC(C(=O)NC2(CN)CCCC2)CC1=O.Cl. The summed E-state index contributed by atoms with van der Waals surface area (Å²) in [5.74, 6) is 0.188. The quantitative estimate of drug-likeness (QED) is 0.831. The second-order valence-electron chi connectivity index (χ2n) is 6.76. The number of halogens is 1. The van der Waals surface area contributed by atoms with Crippen LogP contribution in [0.5, 0.6) is 5.75 Å². The average Bonchev–Trinajstić information content (AvgIpc) is 3.22. The van der Waals surface area contributed by atoms with Crippen LogP contribution in [0.3, 0.4) is 0 Å². The van der Waals surface area contributed by atoms with Crippen molar-refractivity contribution >= 4 is 29.9 Å². The number of ether oxygens (including phenoxy) is 1. The van der Waals surface area contributed by atoms with E-state index in [4.69, 9.17) is 10.5 Å². The number of para-hydroxylation sites is 2. The van der Waals surface area contributed by atoms with Crippen LogP contribution in [0.4, 0.5) is 5.69 Å². The van der Waals surface area contributed by atoms with Gasteiger partial charge in [-0.1, -0.05) is 25.0 Å². The number of nitrogens with two attached hydrogens (primary N) is 1. The lowest BCUT2D eigenvalue weighted by Crippen LogP contribution is -2.53. The minimum absolute atomic E-state index is 0. The Morgan fingerprint density at radius 2 is 2.04 bits per heavy atom. The molecule has 1 saturated carbocycles. The van der Waals surface area contributed by atoms with E-state index >= 15 is 0 Å². The molecular weight excluding hydrogens is 342 g/mol. The van der Waals surface area contributed by atoms with E-state index in [-0.39, 0.29) is 42.1 Å². The molecule has 1 aliphatic heterocycles. The Balaban J connectivity index is 0.00000225. The Labute approximate surface area is 154 Å². The van der Waals surface area contributed by atoms with Crippen molar-refractivity contribution in [2.45, 2.75) is 37.6 Å². The number of nitrogens with zero attached hydrogens (tertiary/aromatic N) is 1. The van der Waals surface area contributed by atoms with Crippen LogP contribution in [0, 0.1) is 5.92 Å². The van der Waals surface area contributed by atoms with Crippen molar-refractivity contribution < 1.29 is 14.3 Å². The predicted molar refractivity (Wildman–Crippen MR) is 99.1 cm³/mol. The first-order valence-electron chi connectivity index (χ1n) is 8.54. The monoisotopic (exact) mass is 367 g/mol. The van der Waals surface area contributed by atoms with Gasteiger partial charge in [0, 0.05) is 19.5 Å². The Hall–Kier alpha value is -1.79. The van der Waals surface area contributed by atoms with Gasteiger partial charge in [-0.2, -0.15) is 0 Å². The van der Waals surface area contributed by atoms with Crippen molar-refractivity contribution in [1.82, 2.24) is 5.32 Å². The summed E-state index contributed by atoms with van der Waals surface area (Å²) < 4.78 is 5.33. The minimum atomic E-state index is -0.341. The van der Waals surface area contributed by atoms with E-state index in [9.17, 15) is 9.59 Å². The van der Waals surface area contributed by atoms with Gasteiger partial charge in [0.05, 0.1) is 24.3 Å². The number of hydrogen-bond donors (Lipinski definition) is 2. The van der Waals surface area contributed by atoms with Crippen molar-refractivity contribution in [2.75, 3.05) is 25.1 Å². The summed E-state index contributed by atoms with van der Waals surface area (Å²) in [7, 11) is 1.58. The van der Waals surface area contributed by atoms with Gasteiger partial charge in [-0.05, 0) is 25.0 Å². The highest BCUT2D eigenvalue weighted by Crippen LogP contribution is 2.34. The van der Waals surface area contributed by atoms with Crippen molar-refractivity contribution in [3.8, 4) is 5.75 Å². The second-order valence-corrected chi connectivity index (χ2v) is 6.76. The largest absolute Gasteiger partial charge is 0.495 e. The summed E-state index contributed by atoms with van der Waals surface area (Å²) in [6.45, 7) is 0.835. The number of hydrogen-bond acceptors (Lipinski definition) is 4. The van der Waals surface area contributed by atoms with Crippen molar-refractivity contribution in [3.05, 3.63) is 24.3 Å². The fourth-order valence-electron chi connectivity index (χ4n) is 3.76. The van der Waals surface area contributed by atoms with Crippen LogP contribution >= 0.6 is 12.4 Å². The summed E-state index contributed by atoms with van der Waals surface area (Å²) >= 11 is 0.